The van der Waals surface area contributed by atoms with Crippen molar-refractivity contribution in [1.29, 1.82) is 0 Å². The van der Waals surface area contributed by atoms with Crippen LogP contribution in [0.3, 0.4) is 0 Å². The third kappa shape index (κ3) is 6.25. The minimum atomic E-state index is -1.37. The van der Waals surface area contributed by atoms with Gasteiger partial charge in [0.25, 0.3) is 11.8 Å². The van der Waals surface area contributed by atoms with Crippen molar-refractivity contribution in [2.45, 2.75) is 26.0 Å². The highest BCUT2D eigenvalue weighted by Gasteiger charge is 2.28. The maximum Gasteiger partial charge on any atom is 0.331 e. The van der Waals surface area contributed by atoms with Gasteiger partial charge in [-0.15, -0.1) is 0 Å². The molecule has 2 rings (SSSR count). The van der Waals surface area contributed by atoms with Crippen LogP contribution in [0.1, 0.15) is 29.8 Å². The maximum atomic E-state index is 14.1. The summed E-state index contributed by atoms with van der Waals surface area (Å²) in [6, 6.07) is 12.4. The molecule has 0 radical (unpaired) electrons. The van der Waals surface area contributed by atoms with Gasteiger partial charge >= 0.3 is 5.97 Å². The average Bonchev–Trinajstić information content (AvgIpc) is 2.73. The number of halogens is 1. The van der Waals surface area contributed by atoms with Crippen molar-refractivity contribution in [3.63, 3.8) is 0 Å². The van der Waals surface area contributed by atoms with E-state index in [9.17, 15) is 23.9 Å². The summed E-state index contributed by atoms with van der Waals surface area (Å²) in [6.45, 7) is 2.95. The van der Waals surface area contributed by atoms with Crippen LogP contribution in [0.2, 0.25) is 0 Å². The second-order valence-electron chi connectivity index (χ2n) is 6.34. The molecule has 0 spiro atoms. The number of nitrogens with one attached hydrogen (secondary N) is 2. The van der Waals surface area contributed by atoms with E-state index in [-0.39, 0.29) is 23.4 Å². The van der Waals surface area contributed by atoms with Crippen LogP contribution in [0.5, 0.6) is 0 Å². The van der Waals surface area contributed by atoms with Crippen LogP contribution in [0.15, 0.2) is 60.3 Å². The van der Waals surface area contributed by atoms with Crippen molar-refractivity contribution in [1.82, 2.24) is 10.6 Å². The van der Waals surface area contributed by atoms with Gasteiger partial charge in [-0.25, -0.2) is 9.18 Å². The summed E-state index contributed by atoms with van der Waals surface area (Å²) in [5.41, 5.74) is 0.0341. The zero-order chi connectivity index (χ0) is 22.1. The lowest BCUT2D eigenvalue weighted by Gasteiger charge is -2.20. The van der Waals surface area contributed by atoms with Crippen molar-refractivity contribution in [3.8, 4) is 0 Å². The molecule has 158 valence electrons. The van der Waals surface area contributed by atoms with Gasteiger partial charge in [0.2, 0.25) is 0 Å². The van der Waals surface area contributed by atoms with E-state index in [1.165, 1.54) is 25.1 Å². The fourth-order valence-corrected chi connectivity index (χ4v) is 2.52. The van der Waals surface area contributed by atoms with Crippen molar-refractivity contribution >= 4 is 23.9 Å². The Balaban J connectivity index is 2.34. The number of rotatable bonds is 8. The predicted molar refractivity (Wildman–Crippen MR) is 109 cm³/mol. The number of ether oxygens (including phenoxy) is 1. The highest BCUT2D eigenvalue weighted by atomic mass is 19.1. The van der Waals surface area contributed by atoms with Crippen LogP contribution in [0, 0.1) is 5.82 Å². The first-order valence-corrected chi connectivity index (χ1v) is 9.31. The summed E-state index contributed by atoms with van der Waals surface area (Å²) >= 11 is 0. The highest BCUT2D eigenvalue weighted by molar-refractivity contribution is 6.06. The summed E-state index contributed by atoms with van der Waals surface area (Å²) in [5.74, 6) is -2.92. The van der Waals surface area contributed by atoms with Crippen molar-refractivity contribution in [3.05, 3.63) is 77.2 Å². The van der Waals surface area contributed by atoms with Gasteiger partial charge in [-0.2, -0.15) is 0 Å². The van der Waals surface area contributed by atoms with E-state index < -0.39 is 35.7 Å². The van der Waals surface area contributed by atoms with E-state index >= 15 is 0 Å². The molecule has 8 heteroatoms. The molecular formula is C22H23FN2O5. The number of hydrogen-bond donors (Lipinski definition) is 3. The number of aliphatic hydroxyl groups is 1. The first kappa shape index (κ1) is 22.8. The van der Waals surface area contributed by atoms with Crippen LogP contribution in [-0.4, -0.2) is 41.6 Å². The summed E-state index contributed by atoms with van der Waals surface area (Å²) in [5, 5.41) is 14.6. The van der Waals surface area contributed by atoms with Gasteiger partial charge in [0.1, 0.15) is 11.5 Å². The molecule has 0 bridgehead atoms. The Bertz CT molecular complexity index is 928. The molecule has 2 amide bonds. The number of amides is 2. The molecule has 0 aliphatic rings. The van der Waals surface area contributed by atoms with Gasteiger partial charge in [-0.1, -0.05) is 36.4 Å². The van der Waals surface area contributed by atoms with Crippen molar-refractivity contribution in [2.75, 3.05) is 6.61 Å². The van der Waals surface area contributed by atoms with Crippen LogP contribution in [-0.2, 0) is 14.3 Å². The smallest absolute Gasteiger partial charge is 0.331 e. The Morgan fingerprint density at radius 1 is 1.10 bits per heavy atom. The summed E-state index contributed by atoms with van der Waals surface area (Å²) in [7, 11) is 0. The van der Waals surface area contributed by atoms with Gasteiger partial charge in [-0.3, -0.25) is 9.59 Å². The molecule has 2 unspecified atom stereocenters. The van der Waals surface area contributed by atoms with Gasteiger partial charge in [0.05, 0.1) is 12.7 Å². The Labute approximate surface area is 173 Å². The Kier molecular flexibility index (Phi) is 8.25. The molecule has 7 nitrogen and oxygen atoms in total. The van der Waals surface area contributed by atoms with E-state index in [4.69, 9.17) is 4.74 Å². The highest BCUT2D eigenvalue weighted by Crippen LogP contribution is 2.12. The van der Waals surface area contributed by atoms with Crippen LogP contribution < -0.4 is 10.6 Å². The fraction of sp³-hybridized carbons (Fsp3) is 0.227. The Morgan fingerprint density at radius 2 is 1.73 bits per heavy atom. The molecular weight excluding hydrogens is 391 g/mol. The molecule has 0 aromatic heterocycles. The first-order chi connectivity index (χ1) is 14.3. The molecule has 0 aliphatic carbocycles. The van der Waals surface area contributed by atoms with E-state index in [1.54, 1.807) is 43.3 Å². The van der Waals surface area contributed by atoms with E-state index in [1.807, 2.05) is 0 Å². The molecule has 0 fully saturated rings. The summed E-state index contributed by atoms with van der Waals surface area (Å²) in [6.07, 6.45) is -0.108. The Morgan fingerprint density at radius 3 is 2.33 bits per heavy atom. The molecule has 0 heterocycles. The average molecular weight is 414 g/mol. The summed E-state index contributed by atoms with van der Waals surface area (Å²) < 4.78 is 18.9. The minimum absolute atomic E-state index is 0.0561. The lowest BCUT2D eigenvalue weighted by molar-refractivity contribution is -0.150. The van der Waals surface area contributed by atoms with E-state index in [0.717, 1.165) is 6.08 Å². The van der Waals surface area contributed by atoms with Crippen LogP contribution in [0.4, 0.5) is 4.39 Å². The number of carbonyl (C=O) groups is 3. The van der Waals surface area contributed by atoms with Gasteiger partial charge in [0, 0.05) is 11.1 Å². The molecule has 0 saturated heterocycles. The number of esters is 1. The predicted octanol–water partition coefficient (Wildman–Crippen LogP) is 2.03. The summed E-state index contributed by atoms with van der Waals surface area (Å²) in [4.78, 5) is 37.4. The second kappa shape index (κ2) is 10.9. The van der Waals surface area contributed by atoms with E-state index in [2.05, 4.69) is 10.6 Å². The van der Waals surface area contributed by atoms with Crippen LogP contribution in [0.25, 0.3) is 6.08 Å². The van der Waals surface area contributed by atoms with Crippen molar-refractivity contribution < 1.29 is 28.6 Å². The number of aliphatic hydroxyl groups excluding tert-OH is 1. The number of benzene rings is 2. The van der Waals surface area contributed by atoms with Gasteiger partial charge in [0.15, 0.2) is 6.04 Å². The molecule has 0 aliphatic heterocycles. The third-order valence-electron chi connectivity index (χ3n) is 4.04. The monoisotopic (exact) mass is 414 g/mol. The number of hydrogen-bond acceptors (Lipinski definition) is 5. The Hall–Kier alpha value is -3.52. The normalized spacial score (nSPS) is 13.1. The van der Waals surface area contributed by atoms with Crippen LogP contribution >= 0.6 is 0 Å². The molecule has 2 aromatic carbocycles. The second-order valence-corrected chi connectivity index (χ2v) is 6.34. The largest absolute Gasteiger partial charge is 0.464 e. The van der Waals surface area contributed by atoms with Crippen molar-refractivity contribution in [2.24, 2.45) is 0 Å². The van der Waals surface area contributed by atoms with Gasteiger partial charge < -0.3 is 20.5 Å². The topological polar surface area (TPSA) is 105 Å². The zero-order valence-corrected chi connectivity index (χ0v) is 16.6. The quantitative estimate of drug-likeness (QED) is 0.453. The standard InChI is InChI=1S/C22H23FN2O5/c1-3-30-22(29)19(14(2)26)25-21(28)18(13-16-11-7-8-12-17(16)23)24-20(27)15-9-5-4-6-10-15/h4-14,19,26H,3H2,1-2H3,(H,24,27)(H,25,28)/b18-13+. The first-order valence-electron chi connectivity index (χ1n) is 9.31. The molecule has 2 aromatic rings. The maximum absolute atomic E-state index is 14.1. The minimum Gasteiger partial charge on any atom is -0.464 e. The van der Waals surface area contributed by atoms with Gasteiger partial charge in [-0.05, 0) is 38.1 Å². The lowest BCUT2D eigenvalue weighted by Crippen LogP contribution is -2.50. The fourth-order valence-electron chi connectivity index (χ4n) is 2.52. The molecule has 0 saturated carbocycles. The molecule has 2 atom stereocenters. The molecule has 3 N–H and O–H groups in total. The molecule has 30 heavy (non-hydrogen) atoms. The SMILES string of the molecule is CCOC(=O)C(NC(=O)/C(=C\c1ccccc1F)NC(=O)c1ccccc1)C(C)O. The van der Waals surface area contributed by atoms with E-state index in [0.29, 0.717) is 0 Å². The zero-order valence-electron chi connectivity index (χ0n) is 16.6. The lowest BCUT2D eigenvalue weighted by atomic mass is 10.1. The third-order valence-corrected chi connectivity index (χ3v) is 4.04. The number of carbonyl (C=O) groups excluding carboxylic acids is 3.